The van der Waals surface area contributed by atoms with Crippen LogP contribution in [0.3, 0.4) is 0 Å². The van der Waals surface area contributed by atoms with Crippen molar-refractivity contribution in [3.63, 3.8) is 0 Å². The highest BCUT2D eigenvalue weighted by molar-refractivity contribution is 5.38. The van der Waals surface area contributed by atoms with Crippen LogP contribution in [-0.4, -0.2) is 0 Å². The van der Waals surface area contributed by atoms with Crippen molar-refractivity contribution in [2.45, 2.75) is 32.7 Å². The van der Waals surface area contributed by atoms with Crippen LogP contribution in [-0.2, 0) is 0 Å². The van der Waals surface area contributed by atoms with E-state index in [1.165, 1.54) is 22.3 Å². The lowest BCUT2D eigenvalue weighted by molar-refractivity contribution is 0.672. The largest absolute Gasteiger partial charge is 0.180 e. The van der Waals surface area contributed by atoms with Crippen LogP contribution < -0.4 is 0 Å². The highest BCUT2D eigenvalue weighted by atomic mass is 15.1. The molecule has 0 fully saturated rings. The lowest BCUT2D eigenvalue weighted by atomic mass is 9.98. The molecule has 1 aliphatic carbocycles. The van der Waals surface area contributed by atoms with Gasteiger partial charge in [-0.3, -0.25) is 0 Å². The smallest absolute Gasteiger partial charge is 0.0999 e. The molecule has 0 saturated heterocycles. The SMILES string of the molecule is CC1=C(C)CC(CC(N=Nc2ccccc2)c2ccccc2)=C1. The average Bonchev–Trinajstić information content (AvgIpc) is 2.91. The van der Waals surface area contributed by atoms with Gasteiger partial charge in [0.05, 0.1) is 11.7 Å². The maximum Gasteiger partial charge on any atom is 0.0999 e. The summed E-state index contributed by atoms with van der Waals surface area (Å²) in [6.45, 7) is 4.40. The Morgan fingerprint density at radius 3 is 2.17 bits per heavy atom. The molecule has 3 rings (SSSR count). The number of rotatable bonds is 5. The third kappa shape index (κ3) is 4.04. The number of benzene rings is 2. The molecule has 0 aliphatic heterocycles. The maximum atomic E-state index is 4.64. The molecule has 116 valence electrons. The molecule has 0 heterocycles. The van der Waals surface area contributed by atoms with E-state index in [0.29, 0.717) is 0 Å². The fourth-order valence-corrected chi connectivity index (χ4v) is 2.87. The van der Waals surface area contributed by atoms with Crippen molar-refractivity contribution in [2.75, 3.05) is 0 Å². The van der Waals surface area contributed by atoms with E-state index in [4.69, 9.17) is 0 Å². The summed E-state index contributed by atoms with van der Waals surface area (Å²) in [6, 6.07) is 20.5. The van der Waals surface area contributed by atoms with Crippen molar-refractivity contribution in [1.82, 2.24) is 0 Å². The van der Waals surface area contributed by atoms with Gasteiger partial charge in [-0.2, -0.15) is 10.2 Å². The monoisotopic (exact) mass is 302 g/mol. The summed E-state index contributed by atoms with van der Waals surface area (Å²) < 4.78 is 0. The van der Waals surface area contributed by atoms with E-state index in [1.54, 1.807) is 0 Å². The normalized spacial score (nSPS) is 16.0. The summed E-state index contributed by atoms with van der Waals surface area (Å²) in [6.07, 6.45) is 4.30. The molecule has 0 bridgehead atoms. The van der Waals surface area contributed by atoms with Crippen LogP contribution in [0.5, 0.6) is 0 Å². The Kier molecular flexibility index (Phi) is 4.82. The fourth-order valence-electron chi connectivity index (χ4n) is 2.87. The first kappa shape index (κ1) is 15.4. The van der Waals surface area contributed by atoms with Gasteiger partial charge in [0.1, 0.15) is 0 Å². The Balaban J connectivity index is 1.81. The molecule has 0 saturated carbocycles. The second kappa shape index (κ2) is 7.19. The lowest BCUT2D eigenvalue weighted by Gasteiger charge is -2.13. The van der Waals surface area contributed by atoms with Crippen LogP contribution in [0.1, 0.15) is 38.3 Å². The van der Waals surface area contributed by atoms with Gasteiger partial charge in [0, 0.05) is 0 Å². The minimum absolute atomic E-state index is 0.0707. The minimum Gasteiger partial charge on any atom is -0.180 e. The molecule has 23 heavy (non-hydrogen) atoms. The van der Waals surface area contributed by atoms with Crippen LogP contribution in [0.4, 0.5) is 5.69 Å². The quantitative estimate of drug-likeness (QED) is 0.558. The highest BCUT2D eigenvalue weighted by Gasteiger charge is 2.16. The van der Waals surface area contributed by atoms with E-state index in [2.05, 4.69) is 54.4 Å². The van der Waals surface area contributed by atoms with E-state index >= 15 is 0 Å². The molecular weight excluding hydrogens is 280 g/mol. The van der Waals surface area contributed by atoms with Crippen LogP contribution in [0.25, 0.3) is 0 Å². The molecule has 2 heteroatoms. The Bertz CT molecular complexity index is 740. The molecule has 0 radical (unpaired) electrons. The van der Waals surface area contributed by atoms with E-state index in [-0.39, 0.29) is 6.04 Å². The molecule has 1 aliphatic rings. The predicted octanol–water partition coefficient (Wildman–Crippen LogP) is 6.57. The molecule has 2 aromatic rings. The lowest BCUT2D eigenvalue weighted by Crippen LogP contribution is -1.97. The standard InChI is InChI=1S/C21H22N2/c1-16-13-18(14-17(16)2)15-21(19-9-5-3-6-10-19)23-22-20-11-7-4-8-12-20/h3-13,21H,14-15H2,1-2H3. The summed E-state index contributed by atoms with van der Waals surface area (Å²) in [5.74, 6) is 0. The third-order valence-electron chi connectivity index (χ3n) is 4.29. The van der Waals surface area contributed by atoms with E-state index in [9.17, 15) is 0 Å². The van der Waals surface area contributed by atoms with Gasteiger partial charge >= 0.3 is 0 Å². The van der Waals surface area contributed by atoms with Crippen molar-refractivity contribution < 1.29 is 0 Å². The molecular formula is C21H22N2. The molecule has 1 atom stereocenters. The number of azo groups is 1. The first-order valence-corrected chi connectivity index (χ1v) is 8.09. The molecule has 1 unspecified atom stereocenters. The number of nitrogens with zero attached hydrogens (tertiary/aromatic N) is 2. The first-order valence-electron chi connectivity index (χ1n) is 8.09. The molecule has 0 aromatic heterocycles. The van der Waals surface area contributed by atoms with Crippen molar-refractivity contribution in [2.24, 2.45) is 10.2 Å². The van der Waals surface area contributed by atoms with Gasteiger partial charge < -0.3 is 0 Å². The van der Waals surface area contributed by atoms with Crippen LogP contribution in [0, 0.1) is 0 Å². The highest BCUT2D eigenvalue weighted by Crippen LogP contribution is 2.34. The molecule has 0 N–H and O–H groups in total. The zero-order valence-electron chi connectivity index (χ0n) is 13.7. The second-order valence-electron chi connectivity index (χ2n) is 6.12. The van der Waals surface area contributed by atoms with Crippen molar-refractivity contribution in [1.29, 1.82) is 0 Å². The van der Waals surface area contributed by atoms with Gasteiger partial charge in [-0.05, 0) is 44.4 Å². The Morgan fingerprint density at radius 1 is 0.913 bits per heavy atom. The summed E-state index contributed by atoms with van der Waals surface area (Å²) in [7, 11) is 0. The van der Waals surface area contributed by atoms with E-state index in [0.717, 1.165) is 18.5 Å². The summed E-state index contributed by atoms with van der Waals surface area (Å²) in [4.78, 5) is 0. The number of allylic oxidation sites excluding steroid dienone is 3. The molecule has 0 amide bonds. The van der Waals surface area contributed by atoms with Crippen LogP contribution in [0.15, 0.2) is 93.7 Å². The van der Waals surface area contributed by atoms with Gasteiger partial charge in [-0.25, -0.2) is 0 Å². The Morgan fingerprint density at radius 2 is 1.57 bits per heavy atom. The van der Waals surface area contributed by atoms with Crippen molar-refractivity contribution >= 4 is 5.69 Å². The van der Waals surface area contributed by atoms with Gasteiger partial charge in [0.2, 0.25) is 0 Å². The summed E-state index contributed by atoms with van der Waals surface area (Å²) >= 11 is 0. The van der Waals surface area contributed by atoms with E-state index < -0.39 is 0 Å². The first-order chi connectivity index (χ1) is 11.2. The van der Waals surface area contributed by atoms with Gasteiger partial charge in [-0.15, -0.1) is 0 Å². The third-order valence-corrected chi connectivity index (χ3v) is 4.29. The molecule has 2 nitrogen and oxygen atoms in total. The molecule has 2 aromatic carbocycles. The van der Waals surface area contributed by atoms with Gasteiger partial charge in [0.15, 0.2) is 0 Å². The fraction of sp³-hybridized carbons (Fsp3) is 0.238. The average molecular weight is 302 g/mol. The molecule has 0 spiro atoms. The zero-order valence-corrected chi connectivity index (χ0v) is 13.7. The minimum atomic E-state index is 0.0707. The zero-order chi connectivity index (χ0) is 16.1. The van der Waals surface area contributed by atoms with Crippen molar-refractivity contribution in [3.05, 3.63) is 89.0 Å². The van der Waals surface area contributed by atoms with Crippen molar-refractivity contribution in [3.8, 4) is 0 Å². The second-order valence-corrected chi connectivity index (χ2v) is 6.12. The van der Waals surface area contributed by atoms with Crippen LogP contribution in [0.2, 0.25) is 0 Å². The van der Waals surface area contributed by atoms with Crippen LogP contribution >= 0.6 is 0 Å². The number of hydrogen-bond acceptors (Lipinski definition) is 2. The van der Waals surface area contributed by atoms with Gasteiger partial charge in [-0.1, -0.05) is 71.3 Å². The van der Waals surface area contributed by atoms with Gasteiger partial charge in [0.25, 0.3) is 0 Å². The Hall–Kier alpha value is -2.48. The predicted molar refractivity (Wildman–Crippen MR) is 95.8 cm³/mol. The summed E-state index contributed by atoms with van der Waals surface area (Å²) in [5.41, 5.74) is 6.43. The summed E-state index contributed by atoms with van der Waals surface area (Å²) in [5, 5.41) is 9.09. The maximum absolute atomic E-state index is 4.64. The van der Waals surface area contributed by atoms with E-state index in [1.807, 2.05) is 36.4 Å². The topological polar surface area (TPSA) is 24.7 Å². The Labute approximate surface area is 138 Å². The number of hydrogen-bond donors (Lipinski definition) is 0.